The molecule has 0 saturated carbocycles. The minimum absolute atomic E-state index is 0.589. The fraction of sp³-hybridized carbons (Fsp3) is 0.150. The van der Waals surface area contributed by atoms with Gasteiger partial charge in [-0.2, -0.15) is 0 Å². The Morgan fingerprint density at radius 3 is 2.56 bits per heavy atom. The Morgan fingerprint density at radius 2 is 1.76 bits per heavy atom. The van der Waals surface area contributed by atoms with Crippen molar-refractivity contribution in [2.45, 2.75) is 13.3 Å². The third kappa shape index (κ3) is 3.21. The molecule has 0 bridgehead atoms. The molecule has 2 heterocycles. The molecule has 25 heavy (non-hydrogen) atoms. The maximum atomic E-state index is 5.53. The van der Waals surface area contributed by atoms with Gasteiger partial charge in [-0.05, 0) is 18.9 Å². The van der Waals surface area contributed by atoms with E-state index in [1.165, 1.54) is 11.1 Å². The van der Waals surface area contributed by atoms with Gasteiger partial charge in [0.1, 0.15) is 17.5 Å². The van der Waals surface area contributed by atoms with Crippen molar-refractivity contribution in [2.75, 3.05) is 11.9 Å². The van der Waals surface area contributed by atoms with Crippen LogP contribution in [0, 0.1) is 6.92 Å². The maximum Gasteiger partial charge on any atom is 0.228 e. The third-order valence-electron chi connectivity index (χ3n) is 4.13. The van der Waals surface area contributed by atoms with Crippen LogP contribution in [-0.4, -0.2) is 21.7 Å². The predicted octanol–water partition coefficient (Wildman–Crippen LogP) is 4.25. The van der Waals surface area contributed by atoms with Crippen LogP contribution in [0.2, 0.25) is 0 Å². The normalized spacial score (nSPS) is 10.9. The molecule has 124 valence electrons. The Balaban J connectivity index is 1.57. The van der Waals surface area contributed by atoms with Gasteiger partial charge >= 0.3 is 0 Å². The zero-order chi connectivity index (χ0) is 17.1. The van der Waals surface area contributed by atoms with Crippen molar-refractivity contribution >= 4 is 16.9 Å². The molecule has 0 aliphatic rings. The first-order chi connectivity index (χ1) is 12.3. The minimum Gasteiger partial charge on any atom is -0.366 e. The lowest BCUT2D eigenvalue weighted by Gasteiger charge is -2.05. The summed E-state index contributed by atoms with van der Waals surface area (Å²) >= 11 is 0. The van der Waals surface area contributed by atoms with Gasteiger partial charge in [0, 0.05) is 12.1 Å². The molecule has 0 saturated heterocycles. The van der Waals surface area contributed by atoms with E-state index in [9.17, 15) is 0 Å². The van der Waals surface area contributed by atoms with E-state index in [1.807, 2.05) is 30.3 Å². The number of nitrogens with zero attached hydrogens (tertiary/aromatic N) is 3. The van der Waals surface area contributed by atoms with E-state index in [0.717, 1.165) is 29.7 Å². The molecule has 0 atom stereocenters. The fourth-order valence-corrected chi connectivity index (χ4v) is 2.76. The van der Waals surface area contributed by atoms with Crippen LogP contribution < -0.4 is 5.32 Å². The van der Waals surface area contributed by atoms with Crippen molar-refractivity contribution in [2.24, 2.45) is 0 Å². The van der Waals surface area contributed by atoms with Crippen molar-refractivity contribution in [1.82, 2.24) is 15.1 Å². The van der Waals surface area contributed by atoms with E-state index in [2.05, 4.69) is 51.6 Å². The molecule has 0 aliphatic carbocycles. The largest absolute Gasteiger partial charge is 0.366 e. The summed E-state index contributed by atoms with van der Waals surface area (Å²) in [6.07, 6.45) is 2.45. The van der Waals surface area contributed by atoms with Gasteiger partial charge in [-0.3, -0.25) is 0 Å². The van der Waals surface area contributed by atoms with E-state index >= 15 is 0 Å². The molecule has 0 radical (unpaired) electrons. The number of aromatic nitrogens is 3. The monoisotopic (exact) mass is 330 g/mol. The van der Waals surface area contributed by atoms with Crippen LogP contribution in [0.1, 0.15) is 11.1 Å². The van der Waals surface area contributed by atoms with Gasteiger partial charge in [0.05, 0.1) is 0 Å². The molecule has 4 aromatic rings. The van der Waals surface area contributed by atoms with Gasteiger partial charge in [-0.15, -0.1) is 0 Å². The molecule has 0 fully saturated rings. The van der Waals surface area contributed by atoms with E-state index in [0.29, 0.717) is 11.4 Å². The summed E-state index contributed by atoms with van der Waals surface area (Å²) in [5, 5.41) is 7.53. The lowest BCUT2D eigenvalue weighted by atomic mass is 10.1. The summed E-state index contributed by atoms with van der Waals surface area (Å²) < 4.78 is 5.53. The molecule has 5 heteroatoms. The predicted molar refractivity (Wildman–Crippen MR) is 98.4 cm³/mol. The minimum atomic E-state index is 0.589. The highest BCUT2D eigenvalue weighted by Crippen LogP contribution is 2.29. The van der Waals surface area contributed by atoms with E-state index in [4.69, 9.17) is 4.52 Å². The molecular weight excluding hydrogens is 312 g/mol. The number of fused-ring (bicyclic) bond motifs is 1. The average Bonchev–Trinajstić information content (AvgIpc) is 3.08. The van der Waals surface area contributed by atoms with E-state index in [-0.39, 0.29) is 0 Å². The van der Waals surface area contributed by atoms with Gasteiger partial charge in [0.25, 0.3) is 0 Å². The highest BCUT2D eigenvalue weighted by atomic mass is 16.5. The topological polar surface area (TPSA) is 63.8 Å². The molecular formula is C20H18N4O. The first-order valence-corrected chi connectivity index (χ1v) is 8.26. The van der Waals surface area contributed by atoms with Crippen molar-refractivity contribution in [1.29, 1.82) is 0 Å². The lowest BCUT2D eigenvalue weighted by molar-refractivity contribution is 0.459. The highest BCUT2D eigenvalue weighted by molar-refractivity contribution is 5.93. The number of hydrogen-bond donors (Lipinski definition) is 1. The van der Waals surface area contributed by atoms with Gasteiger partial charge in [-0.25, -0.2) is 9.97 Å². The van der Waals surface area contributed by atoms with Crippen LogP contribution in [0.25, 0.3) is 22.4 Å². The molecule has 0 unspecified atom stereocenters. The fourth-order valence-electron chi connectivity index (χ4n) is 2.76. The van der Waals surface area contributed by atoms with E-state index < -0.39 is 0 Å². The summed E-state index contributed by atoms with van der Waals surface area (Å²) in [5.41, 5.74) is 5.52. The summed E-state index contributed by atoms with van der Waals surface area (Å²) in [6, 6.07) is 18.5. The number of aryl methyl sites for hydroxylation is 1. The second-order valence-electron chi connectivity index (χ2n) is 5.96. The molecule has 0 amide bonds. The second kappa shape index (κ2) is 6.73. The van der Waals surface area contributed by atoms with Crippen LogP contribution >= 0.6 is 0 Å². The number of nitrogens with one attached hydrogen (secondary N) is 1. The molecule has 0 aliphatic heterocycles. The number of anilines is 1. The van der Waals surface area contributed by atoms with Crippen molar-refractivity contribution < 1.29 is 4.52 Å². The van der Waals surface area contributed by atoms with Gasteiger partial charge in [0.15, 0.2) is 5.82 Å². The molecule has 4 rings (SSSR count). The number of benzene rings is 2. The first kappa shape index (κ1) is 15.3. The SMILES string of the molecule is Cc1ccc(-c2noc3c(NCCc4ccccc4)ncnc23)cc1. The standard InChI is InChI=1S/C20H18N4O/c1-14-7-9-16(10-8-14)17-18-19(25-24-17)20(23-13-22-18)21-12-11-15-5-3-2-4-6-15/h2-10,13H,11-12H2,1H3,(H,21,22,23). The number of rotatable bonds is 5. The van der Waals surface area contributed by atoms with Crippen LogP contribution in [0.15, 0.2) is 65.4 Å². The van der Waals surface area contributed by atoms with Crippen molar-refractivity contribution in [3.8, 4) is 11.3 Å². The van der Waals surface area contributed by atoms with Crippen molar-refractivity contribution in [3.05, 3.63) is 72.1 Å². The van der Waals surface area contributed by atoms with Gasteiger partial charge in [-0.1, -0.05) is 65.3 Å². The highest BCUT2D eigenvalue weighted by Gasteiger charge is 2.15. The van der Waals surface area contributed by atoms with Gasteiger partial charge in [0.2, 0.25) is 5.58 Å². The second-order valence-corrected chi connectivity index (χ2v) is 5.96. The Hall–Kier alpha value is -3.21. The van der Waals surface area contributed by atoms with E-state index in [1.54, 1.807) is 6.33 Å². The zero-order valence-corrected chi connectivity index (χ0v) is 13.9. The first-order valence-electron chi connectivity index (χ1n) is 8.26. The van der Waals surface area contributed by atoms with Crippen molar-refractivity contribution in [3.63, 3.8) is 0 Å². The van der Waals surface area contributed by atoms with Crippen LogP contribution in [0.5, 0.6) is 0 Å². The Bertz CT molecular complexity index is 978. The molecule has 0 spiro atoms. The summed E-state index contributed by atoms with van der Waals surface area (Å²) in [4.78, 5) is 8.66. The van der Waals surface area contributed by atoms with Crippen LogP contribution in [0.3, 0.4) is 0 Å². The quantitative estimate of drug-likeness (QED) is 0.593. The Kier molecular flexibility index (Phi) is 4.12. The third-order valence-corrected chi connectivity index (χ3v) is 4.13. The summed E-state index contributed by atoms with van der Waals surface area (Å²) in [5.74, 6) is 0.673. The maximum absolute atomic E-state index is 5.53. The lowest BCUT2D eigenvalue weighted by Crippen LogP contribution is -2.06. The Morgan fingerprint density at radius 1 is 0.960 bits per heavy atom. The summed E-state index contributed by atoms with van der Waals surface area (Å²) in [6.45, 7) is 2.82. The smallest absolute Gasteiger partial charge is 0.228 e. The number of hydrogen-bond acceptors (Lipinski definition) is 5. The van der Waals surface area contributed by atoms with Gasteiger partial charge < -0.3 is 9.84 Å². The summed E-state index contributed by atoms with van der Waals surface area (Å²) in [7, 11) is 0. The molecule has 1 N–H and O–H groups in total. The molecule has 5 nitrogen and oxygen atoms in total. The zero-order valence-electron chi connectivity index (χ0n) is 13.9. The Labute approximate surface area is 145 Å². The molecule has 2 aromatic heterocycles. The van der Waals surface area contributed by atoms with Crippen LogP contribution in [-0.2, 0) is 6.42 Å². The average molecular weight is 330 g/mol. The molecule has 2 aromatic carbocycles. The van der Waals surface area contributed by atoms with Crippen LogP contribution in [0.4, 0.5) is 5.82 Å².